The summed E-state index contributed by atoms with van der Waals surface area (Å²) in [5.41, 5.74) is 0. The summed E-state index contributed by atoms with van der Waals surface area (Å²) >= 11 is 0. The second kappa shape index (κ2) is 9.13. The van der Waals surface area contributed by atoms with Crippen LogP contribution in [0.3, 0.4) is 0 Å². The third kappa shape index (κ3) is 6.88. The molecule has 0 saturated carbocycles. The average molecular weight is 217 g/mol. The Morgan fingerprint density at radius 2 is 1.60 bits per heavy atom. The smallest absolute Gasteiger partial charge is 0.158 e. The van der Waals surface area contributed by atoms with Crippen molar-refractivity contribution < 1.29 is 9.47 Å². The summed E-state index contributed by atoms with van der Waals surface area (Å²) in [5.74, 6) is 0. The first-order valence-corrected chi connectivity index (χ1v) is 6.09. The lowest BCUT2D eigenvalue weighted by Gasteiger charge is -2.25. The van der Waals surface area contributed by atoms with Gasteiger partial charge in [-0.3, -0.25) is 0 Å². The van der Waals surface area contributed by atoms with Gasteiger partial charge >= 0.3 is 0 Å². The molecule has 0 N–H and O–H groups in total. The van der Waals surface area contributed by atoms with E-state index in [4.69, 9.17) is 9.47 Å². The van der Waals surface area contributed by atoms with Crippen molar-refractivity contribution in [2.24, 2.45) is 0 Å². The van der Waals surface area contributed by atoms with Crippen LogP contribution in [0.15, 0.2) is 0 Å². The van der Waals surface area contributed by atoms with Crippen LogP contribution >= 0.6 is 0 Å². The molecule has 0 fully saturated rings. The van der Waals surface area contributed by atoms with E-state index in [1.54, 1.807) is 0 Å². The van der Waals surface area contributed by atoms with Crippen molar-refractivity contribution >= 4 is 0 Å². The van der Waals surface area contributed by atoms with Crippen molar-refractivity contribution in [2.45, 2.75) is 52.9 Å². The van der Waals surface area contributed by atoms with Gasteiger partial charge in [-0.15, -0.1) is 0 Å². The Kier molecular flexibility index (Phi) is 9.06. The van der Waals surface area contributed by atoms with Crippen LogP contribution in [0.2, 0.25) is 0 Å². The van der Waals surface area contributed by atoms with E-state index in [1.165, 1.54) is 6.42 Å². The Bertz CT molecular complexity index is 136. The molecule has 15 heavy (non-hydrogen) atoms. The van der Waals surface area contributed by atoms with Gasteiger partial charge in [-0.2, -0.15) is 0 Å². The molecule has 0 rings (SSSR count). The summed E-state index contributed by atoms with van der Waals surface area (Å²) in [6.07, 6.45) is 2.10. The van der Waals surface area contributed by atoms with Crippen molar-refractivity contribution in [1.82, 2.24) is 4.90 Å². The van der Waals surface area contributed by atoms with Crippen LogP contribution in [0, 0.1) is 0 Å². The predicted octanol–water partition coefficient (Wildman–Crippen LogP) is 2.51. The molecule has 0 aliphatic heterocycles. The first-order chi connectivity index (χ1) is 7.15. The summed E-state index contributed by atoms with van der Waals surface area (Å²) in [4.78, 5) is 2.35. The molecule has 0 heterocycles. The van der Waals surface area contributed by atoms with Gasteiger partial charge in [0.1, 0.15) is 0 Å². The highest BCUT2D eigenvalue weighted by molar-refractivity contribution is 4.61. The molecular formula is C12H27NO2. The van der Waals surface area contributed by atoms with Crippen LogP contribution in [-0.4, -0.2) is 44.0 Å². The van der Waals surface area contributed by atoms with Crippen molar-refractivity contribution in [3.63, 3.8) is 0 Å². The van der Waals surface area contributed by atoms with Crippen molar-refractivity contribution in [3.05, 3.63) is 0 Å². The summed E-state index contributed by atoms with van der Waals surface area (Å²) < 4.78 is 11.0. The fourth-order valence-electron chi connectivity index (χ4n) is 1.43. The molecule has 3 nitrogen and oxygen atoms in total. The lowest BCUT2D eigenvalue weighted by molar-refractivity contribution is -0.141. The third-order valence-corrected chi connectivity index (χ3v) is 2.77. The Morgan fingerprint density at radius 1 is 1.07 bits per heavy atom. The zero-order chi connectivity index (χ0) is 11.7. The molecule has 0 radical (unpaired) electrons. The van der Waals surface area contributed by atoms with Crippen LogP contribution in [0.25, 0.3) is 0 Å². The number of ether oxygens (including phenoxy) is 2. The van der Waals surface area contributed by atoms with Gasteiger partial charge < -0.3 is 14.4 Å². The van der Waals surface area contributed by atoms with E-state index in [1.807, 2.05) is 13.8 Å². The number of hydrogen-bond donors (Lipinski definition) is 0. The van der Waals surface area contributed by atoms with Gasteiger partial charge in [0.25, 0.3) is 0 Å². The Hall–Kier alpha value is -0.120. The molecule has 0 aromatic heterocycles. The van der Waals surface area contributed by atoms with E-state index in [2.05, 4.69) is 25.8 Å². The van der Waals surface area contributed by atoms with E-state index >= 15 is 0 Å². The van der Waals surface area contributed by atoms with Crippen LogP contribution in [0.1, 0.15) is 40.5 Å². The molecule has 0 amide bonds. The summed E-state index contributed by atoms with van der Waals surface area (Å²) in [6, 6.07) is 0.633. The summed E-state index contributed by atoms with van der Waals surface area (Å²) in [6.45, 7) is 10.9. The Labute approximate surface area is 94.7 Å². The Morgan fingerprint density at radius 3 is 2.00 bits per heavy atom. The van der Waals surface area contributed by atoms with E-state index in [-0.39, 0.29) is 6.29 Å². The predicted molar refractivity (Wildman–Crippen MR) is 64.0 cm³/mol. The third-order valence-electron chi connectivity index (χ3n) is 2.77. The molecule has 0 spiro atoms. The average Bonchev–Trinajstić information content (AvgIpc) is 2.25. The quantitative estimate of drug-likeness (QED) is 0.554. The molecule has 3 heteroatoms. The van der Waals surface area contributed by atoms with Crippen LogP contribution in [0.5, 0.6) is 0 Å². The molecule has 0 aromatic rings. The molecule has 0 aliphatic rings. The zero-order valence-corrected chi connectivity index (χ0v) is 11.0. The Balaban J connectivity index is 3.76. The summed E-state index contributed by atoms with van der Waals surface area (Å²) in [5, 5.41) is 0. The van der Waals surface area contributed by atoms with E-state index in [9.17, 15) is 0 Å². The molecule has 0 aliphatic carbocycles. The minimum atomic E-state index is -0.0356. The second-order valence-electron chi connectivity index (χ2n) is 3.87. The van der Waals surface area contributed by atoms with Crippen LogP contribution in [0.4, 0.5) is 0 Å². The van der Waals surface area contributed by atoms with Gasteiger partial charge in [0.05, 0.1) is 0 Å². The van der Waals surface area contributed by atoms with Crippen molar-refractivity contribution in [2.75, 3.05) is 26.8 Å². The van der Waals surface area contributed by atoms with E-state index in [0.717, 1.165) is 26.2 Å². The maximum atomic E-state index is 5.50. The highest BCUT2D eigenvalue weighted by Crippen LogP contribution is 2.06. The monoisotopic (exact) mass is 217 g/mol. The normalized spacial score (nSPS) is 13.8. The van der Waals surface area contributed by atoms with Gasteiger partial charge in [0.2, 0.25) is 0 Å². The molecule has 1 unspecified atom stereocenters. The van der Waals surface area contributed by atoms with Crippen molar-refractivity contribution in [3.8, 4) is 0 Å². The highest BCUT2D eigenvalue weighted by Gasteiger charge is 2.11. The number of nitrogens with zero attached hydrogens (tertiary/aromatic N) is 1. The molecule has 0 bridgehead atoms. The fraction of sp³-hybridized carbons (Fsp3) is 1.00. The van der Waals surface area contributed by atoms with Crippen LogP contribution in [-0.2, 0) is 9.47 Å². The van der Waals surface area contributed by atoms with Gasteiger partial charge in [0.15, 0.2) is 6.29 Å². The first kappa shape index (κ1) is 14.9. The highest BCUT2D eigenvalue weighted by atomic mass is 16.7. The van der Waals surface area contributed by atoms with Crippen LogP contribution < -0.4 is 0 Å². The number of rotatable bonds is 9. The molecule has 0 saturated heterocycles. The second-order valence-corrected chi connectivity index (χ2v) is 3.87. The van der Waals surface area contributed by atoms with Crippen molar-refractivity contribution in [1.29, 1.82) is 0 Å². The standard InChI is InChI=1S/C12H27NO2/c1-6-11(4)13(5)10-9-12(14-7-2)15-8-3/h11-12H,6-10H2,1-5H3. The van der Waals surface area contributed by atoms with Gasteiger partial charge in [0, 0.05) is 32.2 Å². The SMILES string of the molecule is CCOC(CCN(C)C(C)CC)OCC. The topological polar surface area (TPSA) is 21.7 Å². The van der Waals surface area contributed by atoms with Gasteiger partial charge in [-0.05, 0) is 34.2 Å². The largest absolute Gasteiger partial charge is 0.353 e. The minimum Gasteiger partial charge on any atom is -0.353 e. The van der Waals surface area contributed by atoms with E-state index in [0.29, 0.717) is 6.04 Å². The lowest BCUT2D eigenvalue weighted by Crippen LogP contribution is -2.32. The van der Waals surface area contributed by atoms with Gasteiger partial charge in [-0.1, -0.05) is 6.92 Å². The molecular weight excluding hydrogens is 190 g/mol. The maximum Gasteiger partial charge on any atom is 0.158 e. The van der Waals surface area contributed by atoms with Gasteiger partial charge in [-0.25, -0.2) is 0 Å². The van der Waals surface area contributed by atoms with E-state index < -0.39 is 0 Å². The number of hydrogen-bond acceptors (Lipinski definition) is 3. The minimum absolute atomic E-state index is 0.0356. The lowest BCUT2D eigenvalue weighted by atomic mass is 10.2. The zero-order valence-electron chi connectivity index (χ0n) is 11.0. The summed E-state index contributed by atoms with van der Waals surface area (Å²) in [7, 11) is 2.16. The maximum absolute atomic E-state index is 5.50. The molecule has 92 valence electrons. The molecule has 0 aromatic carbocycles. The first-order valence-electron chi connectivity index (χ1n) is 6.09. The molecule has 1 atom stereocenters. The fourth-order valence-corrected chi connectivity index (χ4v) is 1.43.